The molecule has 1 fully saturated rings. The van der Waals surface area contributed by atoms with E-state index < -0.39 is 5.60 Å². The topological polar surface area (TPSA) is 46.2 Å². The molecular formula is C49H52O5. The molecule has 5 nitrogen and oxygen atoms in total. The minimum absolute atomic E-state index is 0.120. The van der Waals surface area contributed by atoms with E-state index in [2.05, 4.69) is 108 Å². The van der Waals surface area contributed by atoms with Gasteiger partial charge in [-0.25, -0.2) is 0 Å². The lowest BCUT2D eigenvalue weighted by molar-refractivity contribution is 0.0641. The van der Waals surface area contributed by atoms with Crippen LogP contribution in [0.15, 0.2) is 84.9 Å². The Balaban J connectivity index is 1.45. The molecule has 0 saturated heterocycles. The smallest absolute Gasteiger partial charge is 0.178 e. The summed E-state index contributed by atoms with van der Waals surface area (Å²) in [5.41, 5.74) is 8.80. The van der Waals surface area contributed by atoms with Crippen LogP contribution >= 0.6 is 0 Å². The number of fused-ring (bicyclic) bond motifs is 12. The molecule has 0 N–H and O–H groups in total. The third-order valence-electron chi connectivity index (χ3n) is 12.9. The van der Waals surface area contributed by atoms with E-state index >= 15 is 0 Å². The van der Waals surface area contributed by atoms with Crippen molar-refractivity contribution in [3.63, 3.8) is 0 Å². The Bertz CT molecular complexity index is 2280. The summed E-state index contributed by atoms with van der Waals surface area (Å²) < 4.78 is 31.8. The molecular weight excluding hydrogens is 669 g/mol. The summed E-state index contributed by atoms with van der Waals surface area (Å²) in [5.74, 6) is 4.08. The zero-order chi connectivity index (χ0) is 37.8. The van der Waals surface area contributed by atoms with Gasteiger partial charge < -0.3 is 23.7 Å². The third-order valence-corrected chi connectivity index (χ3v) is 12.9. The Morgan fingerprint density at radius 2 is 1.26 bits per heavy atom. The van der Waals surface area contributed by atoms with Crippen LogP contribution in [0, 0.1) is 10.8 Å². The molecule has 0 bridgehead atoms. The molecule has 1 spiro atoms. The zero-order valence-electron chi connectivity index (χ0n) is 33.2. The van der Waals surface area contributed by atoms with E-state index in [0.29, 0.717) is 6.61 Å². The average molecular weight is 721 g/mol. The second kappa shape index (κ2) is 11.8. The average Bonchev–Trinajstić information content (AvgIpc) is 3.41. The Morgan fingerprint density at radius 3 is 1.85 bits per heavy atom. The molecule has 0 unspecified atom stereocenters. The fourth-order valence-corrected chi connectivity index (χ4v) is 11.4. The molecule has 1 saturated carbocycles. The number of hydrogen-bond acceptors (Lipinski definition) is 5. The highest BCUT2D eigenvalue weighted by Gasteiger charge is 2.56. The second-order valence-corrected chi connectivity index (χ2v) is 18.3. The second-order valence-electron chi connectivity index (χ2n) is 18.3. The minimum atomic E-state index is -0.939. The Morgan fingerprint density at radius 1 is 0.648 bits per heavy atom. The molecule has 2 aliphatic heterocycles. The molecule has 278 valence electrons. The van der Waals surface area contributed by atoms with Crippen LogP contribution in [0.4, 0.5) is 0 Å². The lowest BCUT2D eigenvalue weighted by Gasteiger charge is -2.52. The summed E-state index contributed by atoms with van der Waals surface area (Å²) in [6.07, 6.45) is 8.85. The summed E-state index contributed by atoms with van der Waals surface area (Å²) in [4.78, 5) is 0. The molecule has 0 amide bonds. The molecule has 2 aliphatic carbocycles. The summed E-state index contributed by atoms with van der Waals surface area (Å²) in [7, 11) is 5.16. The van der Waals surface area contributed by atoms with E-state index in [1.807, 2.05) is 24.3 Å². The number of hydrogen-bond donors (Lipinski definition) is 0. The first kappa shape index (κ1) is 34.8. The highest BCUT2D eigenvalue weighted by molar-refractivity contribution is 6.12. The van der Waals surface area contributed by atoms with Crippen molar-refractivity contribution in [3.05, 3.63) is 118 Å². The van der Waals surface area contributed by atoms with Crippen molar-refractivity contribution in [2.45, 2.75) is 83.7 Å². The predicted molar refractivity (Wildman–Crippen MR) is 218 cm³/mol. The first-order valence-corrected chi connectivity index (χ1v) is 19.4. The van der Waals surface area contributed by atoms with Gasteiger partial charge in [0.1, 0.15) is 17.2 Å². The van der Waals surface area contributed by atoms with Crippen LogP contribution in [-0.4, -0.2) is 27.9 Å². The fourth-order valence-electron chi connectivity index (χ4n) is 11.4. The quantitative estimate of drug-likeness (QED) is 0.181. The molecule has 0 aromatic heterocycles. The largest absolute Gasteiger partial charge is 0.497 e. The van der Waals surface area contributed by atoms with E-state index in [0.717, 1.165) is 70.1 Å². The van der Waals surface area contributed by atoms with Crippen molar-refractivity contribution in [1.82, 2.24) is 0 Å². The monoisotopic (exact) mass is 720 g/mol. The number of ether oxygens (including phenoxy) is 5. The van der Waals surface area contributed by atoms with E-state index in [9.17, 15) is 0 Å². The van der Waals surface area contributed by atoms with Crippen molar-refractivity contribution in [1.29, 1.82) is 0 Å². The molecule has 0 radical (unpaired) electrons. The Labute approximate surface area is 320 Å². The summed E-state index contributed by atoms with van der Waals surface area (Å²) >= 11 is 0. The van der Waals surface area contributed by atoms with E-state index in [1.165, 1.54) is 39.6 Å². The molecule has 0 atom stereocenters. The predicted octanol–water partition coefficient (Wildman–Crippen LogP) is 11.8. The minimum Gasteiger partial charge on any atom is -0.497 e. The van der Waals surface area contributed by atoms with Gasteiger partial charge in [-0.3, -0.25) is 0 Å². The number of methoxy groups -OCH3 is 3. The van der Waals surface area contributed by atoms with Crippen LogP contribution < -0.4 is 23.7 Å². The molecule has 5 aromatic rings. The van der Waals surface area contributed by atoms with Gasteiger partial charge in [-0.2, -0.15) is 0 Å². The van der Waals surface area contributed by atoms with Crippen LogP contribution in [0.2, 0.25) is 0 Å². The fraction of sp³-hybridized carbons (Fsp3) is 0.388. The van der Waals surface area contributed by atoms with Crippen molar-refractivity contribution in [2.24, 2.45) is 10.8 Å². The maximum atomic E-state index is 7.81. The van der Waals surface area contributed by atoms with Crippen LogP contribution in [0.5, 0.6) is 28.7 Å². The number of rotatable bonds is 5. The van der Waals surface area contributed by atoms with Gasteiger partial charge in [0.2, 0.25) is 0 Å². The summed E-state index contributed by atoms with van der Waals surface area (Å²) in [5, 5.41) is 2.28. The molecule has 4 aliphatic rings. The van der Waals surface area contributed by atoms with Gasteiger partial charge in [-0.05, 0) is 101 Å². The van der Waals surface area contributed by atoms with Crippen LogP contribution in [0.1, 0.15) is 101 Å². The summed E-state index contributed by atoms with van der Waals surface area (Å²) in [6.45, 7) is 15.3. The van der Waals surface area contributed by atoms with Gasteiger partial charge in [-0.15, -0.1) is 0 Å². The van der Waals surface area contributed by atoms with Gasteiger partial charge in [0, 0.05) is 38.4 Å². The molecule has 54 heavy (non-hydrogen) atoms. The third kappa shape index (κ3) is 4.96. The first-order valence-electron chi connectivity index (χ1n) is 19.4. The van der Waals surface area contributed by atoms with Gasteiger partial charge in [-0.1, -0.05) is 96.1 Å². The maximum absolute atomic E-state index is 7.81. The maximum Gasteiger partial charge on any atom is 0.178 e. The molecule has 5 heteroatoms. The highest BCUT2D eigenvalue weighted by atomic mass is 16.5. The van der Waals surface area contributed by atoms with Crippen LogP contribution in [0.25, 0.3) is 28.0 Å². The highest BCUT2D eigenvalue weighted by Crippen LogP contribution is 2.68. The van der Waals surface area contributed by atoms with E-state index in [4.69, 9.17) is 23.7 Å². The SMILES string of the molecule is COc1ccc(C2(c3ccc(OC)cc3)C=Cc3c4c(c5c6c(c(OC)cc5c3O2)OCCC6(C)C)-c2ccccc2C42CC(C)(C)CC(C)(C)C2)cc1. The van der Waals surface area contributed by atoms with Crippen molar-refractivity contribution >= 4 is 16.8 Å². The normalized spacial score (nSPS) is 20.2. The van der Waals surface area contributed by atoms with E-state index in [-0.39, 0.29) is 21.7 Å². The van der Waals surface area contributed by atoms with Crippen LogP contribution in [0.3, 0.4) is 0 Å². The van der Waals surface area contributed by atoms with Crippen molar-refractivity contribution in [3.8, 4) is 39.9 Å². The number of benzene rings is 5. The van der Waals surface area contributed by atoms with Crippen molar-refractivity contribution in [2.75, 3.05) is 27.9 Å². The lowest BCUT2D eigenvalue weighted by atomic mass is 9.52. The van der Waals surface area contributed by atoms with Crippen molar-refractivity contribution < 1.29 is 23.7 Å². The van der Waals surface area contributed by atoms with Gasteiger partial charge in [0.25, 0.3) is 0 Å². The molecule has 9 rings (SSSR count). The molecule has 5 aromatic carbocycles. The van der Waals surface area contributed by atoms with Gasteiger partial charge in [0.05, 0.1) is 27.9 Å². The molecule has 2 heterocycles. The van der Waals surface area contributed by atoms with Gasteiger partial charge >= 0.3 is 0 Å². The Kier molecular flexibility index (Phi) is 7.61. The first-order chi connectivity index (χ1) is 25.8. The van der Waals surface area contributed by atoms with E-state index in [1.54, 1.807) is 21.3 Å². The lowest BCUT2D eigenvalue weighted by Crippen LogP contribution is -2.44. The zero-order valence-corrected chi connectivity index (χ0v) is 33.2. The standard InChI is InChI=1S/C49H52O5/c1-45(2)27-46(3,4)29-48(28-45)37-13-11-10-12-34(37)39-40-36(26-38(52-9)44-42(40)47(5,6)24-25-53-44)43-35(41(39)48)22-23-49(54-43,30-14-18-32(50-7)19-15-30)31-16-20-33(51-8)21-17-31/h10-23,26H,24-25,27-29H2,1-9H3. The van der Waals surface area contributed by atoms with Crippen LogP contribution in [-0.2, 0) is 16.4 Å². The summed E-state index contributed by atoms with van der Waals surface area (Å²) in [6, 6.07) is 28.0. The Hall–Kier alpha value is -4.90. The van der Waals surface area contributed by atoms with Gasteiger partial charge in [0.15, 0.2) is 17.1 Å².